The maximum absolute atomic E-state index is 13.8. The molecule has 1 aromatic carbocycles. The predicted octanol–water partition coefficient (Wildman–Crippen LogP) is 3.94. The highest BCUT2D eigenvalue weighted by Crippen LogP contribution is 2.31. The molecule has 0 amide bonds. The minimum absolute atomic E-state index is 0.174. The van der Waals surface area contributed by atoms with E-state index < -0.39 is 5.82 Å². The van der Waals surface area contributed by atoms with Gasteiger partial charge in [-0.15, -0.1) is 0 Å². The van der Waals surface area contributed by atoms with Crippen molar-refractivity contribution in [3.8, 4) is 17.0 Å². The molecule has 0 atom stereocenters. The van der Waals surface area contributed by atoms with Gasteiger partial charge in [-0.3, -0.25) is 0 Å². The first-order valence-corrected chi connectivity index (χ1v) is 6.67. The van der Waals surface area contributed by atoms with Crippen molar-refractivity contribution in [3.05, 3.63) is 54.2 Å². The fraction of sp³-hybridized carbons (Fsp3) is 0.125. The number of nitrogens with zero attached hydrogens (tertiary/aromatic N) is 2. The van der Waals surface area contributed by atoms with Crippen LogP contribution in [0.15, 0.2) is 47.2 Å². The monoisotopic (exact) mass is 299 g/mol. The van der Waals surface area contributed by atoms with Crippen LogP contribution in [0.25, 0.3) is 11.3 Å². The molecule has 0 aliphatic carbocycles. The summed E-state index contributed by atoms with van der Waals surface area (Å²) in [5.74, 6) is 0.360. The average Bonchev–Trinajstić information content (AvgIpc) is 2.92. The molecule has 0 fully saturated rings. The highest BCUT2D eigenvalue weighted by molar-refractivity contribution is 5.69. The molecule has 0 saturated carbocycles. The van der Waals surface area contributed by atoms with E-state index >= 15 is 0 Å². The topological polar surface area (TPSA) is 60.2 Å². The molecule has 0 unspecified atom stereocenters. The van der Waals surface area contributed by atoms with Crippen molar-refractivity contribution in [2.24, 2.45) is 0 Å². The molecule has 0 aliphatic heterocycles. The molecule has 2 heterocycles. The minimum atomic E-state index is -0.421. The van der Waals surface area contributed by atoms with E-state index in [9.17, 15) is 4.39 Å². The molecule has 0 saturated heterocycles. The Balaban J connectivity index is 1.98. The van der Waals surface area contributed by atoms with Gasteiger partial charge in [-0.1, -0.05) is 17.3 Å². The number of methoxy groups -OCH3 is 1. The standard InChI is InChI=1S/C16H14FN3O2/c1-10-14(9-22-20-10)19-15-8-4-7-13(18-15)11-5-3-6-12(17)16(11)21-2/h3-9H,1-2H3,(H,18,19). The lowest BCUT2D eigenvalue weighted by atomic mass is 10.1. The Morgan fingerprint density at radius 1 is 1.18 bits per heavy atom. The van der Waals surface area contributed by atoms with Crippen LogP contribution < -0.4 is 10.1 Å². The number of anilines is 2. The van der Waals surface area contributed by atoms with E-state index in [1.807, 2.05) is 19.1 Å². The number of rotatable bonds is 4. The second-order valence-corrected chi connectivity index (χ2v) is 4.67. The number of halogens is 1. The number of hydrogen-bond acceptors (Lipinski definition) is 5. The molecule has 0 bridgehead atoms. The summed E-state index contributed by atoms with van der Waals surface area (Å²) in [5, 5.41) is 6.91. The van der Waals surface area contributed by atoms with Crippen LogP contribution in [0.3, 0.4) is 0 Å². The van der Waals surface area contributed by atoms with Gasteiger partial charge < -0.3 is 14.6 Å². The second kappa shape index (κ2) is 5.85. The largest absolute Gasteiger partial charge is 0.493 e. The van der Waals surface area contributed by atoms with Crippen LogP contribution in [-0.2, 0) is 0 Å². The third kappa shape index (κ3) is 2.63. The molecule has 1 N–H and O–H groups in total. The number of pyridine rings is 1. The highest BCUT2D eigenvalue weighted by Gasteiger charge is 2.12. The molecule has 112 valence electrons. The van der Waals surface area contributed by atoms with Crippen molar-refractivity contribution in [1.29, 1.82) is 0 Å². The van der Waals surface area contributed by atoms with E-state index in [0.717, 1.165) is 11.4 Å². The normalized spacial score (nSPS) is 10.5. The van der Waals surface area contributed by atoms with Gasteiger partial charge in [0.15, 0.2) is 11.6 Å². The van der Waals surface area contributed by atoms with Crippen LogP contribution in [0.4, 0.5) is 15.9 Å². The molecule has 2 aromatic heterocycles. The van der Waals surface area contributed by atoms with Crippen molar-refractivity contribution in [2.75, 3.05) is 12.4 Å². The molecule has 3 aromatic rings. The fourth-order valence-electron chi connectivity index (χ4n) is 2.12. The molecule has 3 rings (SSSR count). The van der Waals surface area contributed by atoms with Crippen molar-refractivity contribution in [1.82, 2.24) is 10.1 Å². The summed E-state index contributed by atoms with van der Waals surface area (Å²) in [7, 11) is 1.44. The van der Waals surface area contributed by atoms with Gasteiger partial charge in [-0.25, -0.2) is 9.37 Å². The first kappa shape index (κ1) is 14.1. The number of ether oxygens (including phenoxy) is 1. The minimum Gasteiger partial charge on any atom is -0.493 e. The summed E-state index contributed by atoms with van der Waals surface area (Å²) >= 11 is 0. The van der Waals surface area contributed by atoms with Crippen LogP contribution in [0.1, 0.15) is 5.69 Å². The third-order valence-electron chi connectivity index (χ3n) is 3.21. The molecule has 5 nitrogen and oxygen atoms in total. The van der Waals surface area contributed by atoms with Crippen LogP contribution in [0, 0.1) is 12.7 Å². The first-order chi connectivity index (χ1) is 10.7. The number of para-hydroxylation sites is 1. The Kier molecular flexibility index (Phi) is 3.74. The lowest BCUT2D eigenvalue weighted by Gasteiger charge is -2.10. The van der Waals surface area contributed by atoms with Gasteiger partial charge in [-0.2, -0.15) is 0 Å². The van der Waals surface area contributed by atoms with Crippen molar-refractivity contribution < 1.29 is 13.7 Å². The number of aryl methyl sites for hydroxylation is 1. The Morgan fingerprint density at radius 3 is 2.73 bits per heavy atom. The van der Waals surface area contributed by atoms with Crippen LogP contribution in [0.2, 0.25) is 0 Å². The molecule has 0 radical (unpaired) electrons. The summed E-state index contributed by atoms with van der Waals surface area (Å²) in [6.45, 7) is 1.82. The smallest absolute Gasteiger partial charge is 0.165 e. The van der Waals surface area contributed by atoms with Gasteiger partial charge in [-0.05, 0) is 31.2 Å². The number of hydrogen-bond donors (Lipinski definition) is 1. The van der Waals surface area contributed by atoms with Gasteiger partial charge in [0.1, 0.15) is 23.5 Å². The van der Waals surface area contributed by atoms with Gasteiger partial charge in [0.2, 0.25) is 0 Å². The molecular weight excluding hydrogens is 285 g/mol. The Bertz CT molecular complexity index is 802. The summed E-state index contributed by atoms with van der Waals surface area (Å²) in [6, 6.07) is 10.2. The zero-order valence-electron chi connectivity index (χ0n) is 12.1. The lowest BCUT2D eigenvalue weighted by Crippen LogP contribution is -1.97. The predicted molar refractivity (Wildman–Crippen MR) is 80.7 cm³/mol. The Morgan fingerprint density at radius 2 is 2.00 bits per heavy atom. The first-order valence-electron chi connectivity index (χ1n) is 6.67. The zero-order chi connectivity index (χ0) is 15.5. The number of aromatic nitrogens is 2. The molecule has 0 aliphatic rings. The Hall–Kier alpha value is -2.89. The lowest BCUT2D eigenvalue weighted by molar-refractivity contribution is 0.388. The van der Waals surface area contributed by atoms with Crippen LogP contribution >= 0.6 is 0 Å². The molecule has 6 heteroatoms. The van der Waals surface area contributed by atoms with Gasteiger partial charge in [0, 0.05) is 5.56 Å². The summed E-state index contributed by atoms with van der Waals surface area (Å²) in [5.41, 5.74) is 2.66. The van der Waals surface area contributed by atoms with Crippen molar-refractivity contribution in [3.63, 3.8) is 0 Å². The maximum Gasteiger partial charge on any atom is 0.165 e. The van der Waals surface area contributed by atoms with Gasteiger partial charge >= 0.3 is 0 Å². The average molecular weight is 299 g/mol. The summed E-state index contributed by atoms with van der Waals surface area (Å²) < 4.78 is 23.8. The summed E-state index contributed by atoms with van der Waals surface area (Å²) in [6.07, 6.45) is 1.51. The van der Waals surface area contributed by atoms with E-state index in [-0.39, 0.29) is 5.75 Å². The SMILES string of the molecule is COc1c(F)cccc1-c1cccc(Nc2conc2C)n1. The fourth-order valence-corrected chi connectivity index (χ4v) is 2.12. The van der Waals surface area contributed by atoms with Crippen LogP contribution in [0.5, 0.6) is 5.75 Å². The van der Waals surface area contributed by atoms with E-state index in [0.29, 0.717) is 17.1 Å². The van der Waals surface area contributed by atoms with E-state index in [4.69, 9.17) is 9.26 Å². The van der Waals surface area contributed by atoms with Crippen LogP contribution in [-0.4, -0.2) is 17.3 Å². The van der Waals surface area contributed by atoms with Crippen molar-refractivity contribution >= 4 is 11.5 Å². The molecule has 0 spiro atoms. The number of benzene rings is 1. The quantitative estimate of drug-likeness (QED) is 0.790. The molecular formula is C16H14FN3O2. The maximum atomic E-state index is 13.8. The second-order valence-electron chi connectivity index (χ2n) is 4.67. The Labute approximate surface area is 126 Å². The highest BCUT2D eigenvalue weighted by atomic mass is 19.1. The van der Waals surface area contributed by atoms with E-state index in [2.05, 4.69) is 15.5 Å². The molecule has 22 heavy (non-hydrogen) atoms. The third-order valence-corrected chi connectivity index (χ3v) is 3.21. The van der Waals surface area contributed by atoms with Gasteiger partial charge in [0.05, 0.1) is 12.8 Å². The zero-order valence-corrected chi connectivity index (χ0v) is 12.1. The van der Waals surface area contributed by atoms with Gasteiger partial charge in [0.25, 0.3) is 0 Å². The number of nitrogens with one attached hydrogen (secondary N) is 1. The van der Waals surface area contributed by atoms with Crippen molar-refractivity contribution in [2.45, 2.75) is 6.92 Å². The summed E-state index contributed by atoms with van der Waals surface area (Å²) in [4.78, 5) is 4.48. The van der Waals surface area contributed by atoms with E-state index in [1.165, 1.54) is 19.4 Å². The van der Waals surface area contributed by atoms with E-state index in [1.54, 1.807) is 18.2 Å².